The van der Waals surface area contributed by atoms with E-state index < -0.39 is 0 Å². The lowest BCUT2D eigenvalue weighted by Gasteiger charge is -2.33. The standard InChI is InChI=1S/C14H26N2O/c1-10-6-11(8-12(15)7-10)13(17)16-5-4-14(2,3)9-16/h10-12H,4-9,15H2,1-3H3. The number of nitrogens with zero attached hydrogens (tertiary/aromatic N) is 1. The summed E-state index contributed by atoms with van der Waals surface area (Å²) in [6.07, 6.45) is 4.13. The fourth-order valence-electron chi connectivity index (χ4n) is 3.42. The van der Waals surface area contributed by atoms with Crippen LogP contribution < -0.4 is 5.73 Å². The van der Waals surface area contributed by atoms with E-state index in [-0.39, 0.29) is 12.0 Å². The Hall–Kier alpha value is -0.570. The predicted octanol–water partition coefficient (Wildman–Crippen LogP) is 2.01. The molecule has 1 saturated carbocycles. The van der Waals surface area contributed by atoms with E-state index in [2.05, 4.69) is 25.7 Å². The zero-order valence-corrected chi connectivity index (χ0v) is 11.4. The monoisotopic (exact) mass is 238 g/mol. The minimum absolute atomic E-state index is 0.183. The van der Waals surface area contributed by atoms with E-state index in [0.717, 1.165) is 38.8 Å². The molecule has 2 aliphatic rings. The highest BCUT2D eigenvalue weighted by Gasteiger charge is 2.37. The van der Waals surface area contributed by atoms with Crippen LogP contribution in [0.5, 0.6) is 0 Å². The summed E-state index contributed by atoms with van der Waals surface area (Å²) in [6.45, 7) is 8.57. The number of likely N-dealkylation sites (tertiary alicyclic amines) is 1. The Morgan fingerprint density at radius 2 is 2.00 bits per heavy atom. The van der Waals surface area contributed by atoms with Crippen molar-refractivity contribution >= 4 is 5.91 Å². The molecule has 2 N–H and O–H groups in total. The van der Waals surface area contributed by atoms with E-state index in [4.69, 9.17) is 5.73 Å². The summed E-state index contributed by atoms with van der Waals surface area (Å²) < 4.78 is 0. The highest BCUT2D eigenvalue weighted by atomic mass is 16.2. The van der Waals surface area contributed by atoms with Crippen LogP contribution in [0.1, 0.15) is 46.5 Å². The van der Waals surface area contributed by atoms with E-state index in [9.17, 15) is 4.79 Å². The highest BCUT2D eigenvalue weighted by molar-refractivity contribution is 5.79. The third-order valence-electron chi connectivity index (χ3n) is 4.32. The molecule has 2 fully saturated rings. The number of carbonyl (C=O) groups is 1. The number of rotatable bonds is 1. The molecule has 1 amide bonds. The maximum Gasteiger partial charge on any atom is 0.225 e. The van der Waals surface area contributed by atoms with Crippen molar-refractivity contribution in [2.75, 3.05) is 13.1 Å². The maximum absolute atomic E-state index is 12.4. The fourth-order valence-corrected chi connectivity index (χ4v) is 3.42. The second-order valence-electron chi connectivity index (χ2n) is 6.94. The van der Waals surface area contributed by atoms with Gasteiger partial charge in [0.2, 0.25) is 5.91 Å². The molecular weight excluding hydrogens is 212 g/mol. The molecule has 1 aliphatic heterocycles. The summed E-state index contributed by atoms with van der Waals surface area (Å²) in [5.41, 5.74) is 6.34. The van der Waals surface area contributed by atoms with Gasteiger partial charge in [0.25, 0.3) is 0 Å². The van der Waals surface area contributed by atoms with Gasteiger partial charge in [0.15, 0.2) is 0 Å². The summed E-state index contributed by atoms with van der Waals surface area (Å²) in [4.78, 5) is 14.5. The van der Waals surface area contributed by atoms with Gasteiger partial charge in [-0.1, -0.05) is 20.8 Å². The number of hydrogen-bond acceptors (Lipinski definition) is 2. The first-order valence-electron chi connectivity index (χ1n) is 6.92. The molecule has 1 heterocycles. The third-order valence-corrected chi connectivity index (χ3v) is 4.32. The zero-order valence-electron chi connectivity index (χ0n) is 11.4. The van der Waals surface area contributed by atoms with Gasteiger partial charge >= 0.3 is 0 Å². The molecule has 0 spiro atoms. The van der Waals surface area contributed by atoms with Crippen LogP contribution in [0.2, 0.25) is 0 Å². The SMILES string of the molecule is CC1CC(N)CC(C(=O)N2CCC(C)(C)C2)C1. The number of carbonyl (C=O) groups excluding carboxylic acids is 1. The van der Waals surface area contributed by atoms with Gasteiger partial charge < -0.3 is 10.6 Å². The summed E-state index contributed by atoms with van der Waals surface area (Å²) in [5, 5.41) is 0. The van der Waals surface area contributed by atoms with Crippen molar-refractivity contribution < 1.29 is 4.79 Å². The van der Waals surface area contributed by atoms with E-state index in [1.807, 2.05) is 0 Å². The van der Waals surface area contributed by atoms with E-state index in [0.29, 0.717) is 17.2 Å². The normalized spacial score (nSPS) is 37.2. The van der Waals surface area contributed by atoms with Crippen molar-refractivity contribution in [3.63, 3.8) is 0 Å². The van der Waals surface area contributed by atoms with Crippen LogP contribution in [-0.4, -0.2) is 29.9 Å². The minimum Gasteiger partial charge on any atom is -0.342 e. The lowest BCUT2D eigenvalue weighted by Crippen LogP contribution is -2.42. The van der Waals surface area contributed by atoms with E-state index in [1.165, 1.54) is 0 Å². The van der Waals surface area contributed by atoms with Gasteiger partial charge in [0.05, 0.1) is 0 Å². The van der Waals surface area contributed by atoms with Gasteiger partial charge in [-0.25, -0.2) is 0 Å². The summed E-state index contributed by atoms with van der Waals surface area (Å²) >= 11 is 0. The number of hydrogen-bond donors (Lipinski definition) is 1. The summed E-state index contributed by atoms with van der Waals surface area (Å²) in [6, 6.07) is 0.225. The van der Waals surface area contributed by atoms with Crippen molar-refractivity contribution in [2.45, 2.75) is 52.5 Å². The van der Waals surface area contributed by atoms with Crippen molar-refractivity contribution in [3.8, 4) is 0 Å². The van der Waals surface area contributed by atoms with Gasteiger partial charge in [-0.15, -0.1) is 0 Å². The second kappa shape index (κ2) is 4.60. The number of amides is 1. The van der Waals surface area contributed by atoms with Crippen LogP contribution in [0.4, 0.5) is 0 Å². The maximum atomic E-state index is 12.4. The Labute approximate surface area is 105 Å². The molecule has 1 saturated heterocycles. The Bertz CT molecular complexity index is 291. The largest absolute Gasteiger partial charge is 0.342 e. The van der Waals surface area contributed by atoms with Gasteiger partial charge in [-0.3, -0.25) is 4.79 Å². The van der Waals surface area contributed by atoms with E-state index in [1.54, 1.807) is 0 Å². The molecule has 2 rings (SSSR count). The lowest BCUT2D eigenvalue weighted by atomic mass is 9.79. The first kappa shape index (κ1) is 12.9. The van der Waals surface area contributed by atoms with E-state index >= 15 is 0 Å². The van der Waals surface area contributed by atoms with Gasteiger partial charge in [-0.2, -0.15) is 0 Å². The number of nitrogens with two attached hydrogens (primary N) is 1. The van der Waals surface area contributed by atoms with Crippen molar-refractivity contribution in [1.82, 2.24) is 4.90 Å². The molecule has 0 aromatic rings. The molecule has 3 unspecified atom stereocenters. The van der Waals surface area contributed by atoms with Gasteiger partial charge in [0.1, 0.15) is 0 Å². The molecule has 98 valence electrons. The quantitative estimate of drug-likeness (QED) is 0.759. The molecule has 3 atom stereocenters. The first-order chi connectivity index (χ1) is 7.87. The molecule has 17 heavy (non-hydrogen) atoms. The van der Waals surface area contributed by atoms with Crippen molar-refractivity contribution in [3.05, 3.63) is 0 Å². The molecular formula is C14H26N2O. The Kier molecular flexibility index (Phi) is 3.48. The summed E-state index contributed by atoms with van der Waals surface area (Å²) in [5.74, 6) is 1.14. The Morgan fingerprint density at radius 1 is 1.29 bits per heavy atom. The predicted molar refractivity (Wildman–Crippen MR) is 69.5 cm³/mol. The Balaban J connectivity index is 1.96. The smallest absolute Gasteiger partial charge is 0.225 e. The third kappa shape index (κ3) is 3.01. The van der Waals surface area contributed by atoms with Crippen molar-refractivity contribution in [2.24, 2.45) is 23.0 Å². The Morgan fingerprint density at radius 3 is 2.53 bits per heavy atom. The zero-order chi connectivity index (χ0) is 12.6. The minimum atomic E-state index is 0.183. The van der Waals surface area contributed by atoms with Crippen LogP contribution >= 0.6 is 0 Å². The molecule has 3 heteroatoms. The van der Waals surface area contributed by atoms with Crippen LogP contribution in [0.3, 0.4) is 0 Å². The molecule has 1 aliphatic carbocycles. The average molecular weight is 238 g/mol. The highest BCUT2D eigenvalue weighted by Crippen LogP contribution is 2.34. The summed E-state index contributed by atoms with van der Waals surface area (Å²) in [7, 11) is 0. The topological polar surface area (TPSA) is 46.3 Å². The first-order valence-corrected chi connectivity index (χ1v) is 6.92. The van der Waals surface area contributed by atoms with Crippen LogP contribution in [0.25, 0.3) is 0 Å². The fraction of sp³-hybridized carbons (Fsp3) is 0.929. The molecule has 3 nitrogen and oxygen atoms in total. The average Bonchev–Trinajstić information content (AvgIpc) is 2.56. The molecule has 0 aromatic heterocycles. The van der Waals surface area contributed by atoms with Crippen molar-refractivity contribution in [1.29, 1.82) is 0 Å². The molecule has 0 aromatic carbocycles. The lowest BCUT2D eigenvalue weighted by molar-refractivity contribution is -0.136. The molecule has 0 bridgehead atoms. The second-order valence-corrected chi connectivity index (χ2v) is 6.94. The van der Waals surface area contributed by atoms with Crippen LogP contribution in [0.15, 0.2) is 0 Å². The van der Waals surface area contributed by atoms with Crippen LogP contribution in [-0.2, 0) is 4.79 Å². The molecule has 0 radical (unpaired) electrons. The van der Waals surface area contributed by atoms with Crippen LogP contribution in [0, 0.1) is 17.3 Å². The van der Waals surface area contributed by atoms with Gasteiger partial charge in [-0.05, 0) is 37.0 Å². The van der Waals surface area contributed by atoms with Gasteiger partial charge in [0, 0.05) is 25.0 Å².